The lowest BCUT2D eigenvalue weighted by Gasteiger charge is -2.11. The third-order valence-electron chi connectivity index (χ3n) is 1.38. The Bertz CT molecular complexity index is 183. The maximum atomic E-state index is 11.3. The Balaban J connectivity index is 3.62. The Hall–Kier alpha value is -0.150. The van der Waals surface area contributed by atoms with Gasteiger partial charge < -0.3 is 0 Å². The summed E-state index contributed by atoms with van der Waals surface area (Å²) in [7, 11) is -0.668. The van der Waals surface area contributed by atoms with Gasteiger partial charge in [-0.25, -0.2) is 4.57 Å². The number of phosphoric ester groups is 1. The van der Waals surface area contributed by atoms with Crippen LogP contribution in [0.4, 0.5) is 0 Å². The van der Waals surface area contributed by atoms with Crippen LogP contribution in [0.5, 0.6) is 0 Å². The van der Waals surface area contributed by atoms with E-state index >= 15 is 0 Å². The molecule has 0 N–H and O–H groups in total. The van der Waals surface area contributed by atoms with E-state index in [1.165, 1.54) is 14.2 Å². The molecule has 0 fully saturated rings. The van der Waals surface area contributed by atoms with Crippen molar-refractivity contribution in [2.45, 2.75) is 19.8 Å². The molecule has 0 unspecified atom stereocenters. The van der Waals surface area contributed by atoms with Crippen LogP contribution in [0, 0.1) is 0 Å². The fraction of sp³-hybridized carbons (Fsp3) is 0.750. The van der Waals surface area contributed by atoms with E-state index in [2.05, 4.69) is 9.05 Å². The second kappa shape index (κ2) is 7.27. The Morgan fingerprint density at radius 1 is 1.23 bits per heavy atom. The molecule has 78 valence electrons. The van der Waals surface area contributed by atoms with Gasteiger partial charge in [0.15, 0.2) is 0 Å². The first-order chi connectivity index (χ1) is 6.18. The van der Waals surface area contributed by atoms with Gasteiger partial charge in [0.1, 0.15) is 0 Å². The largest absolute Gasteiger partial charge is 0.474 e. The molecule has 0 saturated carbocycles. The first kappa shape index (κ1) is 12.8. The van der Waals surface area contributed by atoms with E-state index in [0.717, 1.165) is 6.42 Å². The topological polar surface area (TPSA) is 44.8 Å². The molecular formula is C8H17O4P. The van der Waals surface area contributed by atoms with Crippen LogP contribution >= 0.6 is 7.82 Å². The van der Waals surface area contributed by atoms with Crippen molar-refractivity contribution < 1.29 is 18.1 Å². The third-order valence-corrected chi connectivity index (χ3v) is 2.78. The smallest absolute Gasteiger partial charge is 0.290 e. The normalized spacial score (nSPS) is 12.5. The summed E-state index contributed by atoms with van der Waals surface area (Å²) in [6, 6.07) is 0. The van der Waals surface area contributed by atoms with Crippen LogP contribution in [0.25, 0.3) is 0 Å². The molecule has 0 amide bonds. The van der Waals surface area contributed by atoms with Crippen molar-refractivity contribution >= 4 is 7.82 Å². The summed E-state index contributed by atoms with van der Waals surface area (Å²) in [6.45, 7) is 2.39. The summed E-state index contributed by atoms with van der Waals surface area (Å²) in [6.07, 6.45) is 5.69. The zero-order valence-corrected chi connectivity index (χ0v) is 9.25. The molecule has 0 aromatic rings. The number of phosphoric acid groups is 1. The van der Waals surface area contributed by atoms with E-state index in [0.29, 0.717) is 13.0 Å². The van der Waals surface area contributed by atoms with Crippen LogP contribution in [0.3, 0.4) is 0 Å². The number of allylic oxidation sites excluding steroid dienone is 1. The van der Waals surface area contributed by atoms with Gasteiger partial charge in [0.2, 0.25) is 0 Å². The highest BCUT2D eigenvalue weighted by Crippen LogP contribution is 2.47. The molecule has 0 aromatic heterocycles. The Morgan fingerprint density at radius 3 is 2.31 bits per heavy atom. The highest BCUT2D eigenvalue weighted by atomic mass is 31.2. The lowest BCUT2D eigenvalue weighted by molar-refractivity contribution is 0.154. The SMILES string of the molecule is CC/C=C/CCOP(=O)(OC)OC. The first-order valence-corrected chi connectivity index (χ1v) is 5.65. The molecule has 0 aliphatic carbocycles. The van der Waals surface area contributed by atoms with Crippen LogP contribution in [-0.4, -0.2) is 20.8 Å². The van der Waals surface area contributed by atoms with E-state index in [-0.39, 0.29) is 0 Å². The van der Waals surface area contributed by atoms with Crippen LogP contribution in [0.15, 0.2) is 12.2 Å². The van der Waals surface area contributed by atoms with Crippen LogP contribution in [-0.2, 0) is 18.1 Å². The van der Waals surface area contributed by atoms with Gasteiger partial charge in [-0.3, -0.25) is 13.6 Å². The quantitative estimate of drug-likeness (QED) is 0.366. The third kappa shape index (κ3) is 5.99. The van der Waals surface area contributed by atoms with Crippen molar-refractivity contribution in [1.29, 1.82) is 0 Å². The second-order valence-corrected chi connectivity index (χ2v) is 4.20. The monoisotopic (exact) mass is 208 g/mol. The summed E-state index contributed by atoms with van der Waals surface area (Å²) in [5.41, 5.74) is 0. The van der Waals surface area contributed by atoms with Crippen LogP contribution in [0.1, 0.15) is 19.8 Å². The molecule has 13 heavy (non-hydrogen) atoms. The summed E-state index contributed by atoms with van der Waals surface area (Å²) in [5, 5.41) is 0. The standard InChI is InChI=1S/C8H17O4P/c1-4-5-6-7-8-12-13(9,10-2)11-3/h5-6H,4,7-8H2,1-3H3/b6-5+. The minimum atomic E-state index is -3.26. The molecule has 0 bridgehead atoms. The fourth-order valence-electron chi connectivity index (χ4n) is 0.697. The van der Waals surface area contributed by atoms with E-state index in [4.69, 9.17) is 4.52 Å². The highest BCUT2D eigenvalue weighted by molar-refractivity contribution is 7.48. The zero-order valence-electron chi connectivity index (χ0n) is 8.36. The lowest BCUT2D eigenvalue weighted by atomic mass is 10.3. The Morgan fingerprint density at radius 2 is 1.85 bits per heavy atom. The lowest BCUT2D eigenvalue weighted by Crippen LogP contribution is -1.95. The van der Waals surface area contributed by atoms with E-state index in [1.54, 1.807) is 0 Å². The van der Waals surface area contributed by atoms with Crippen LogP contribution < -0.4 is 0 Å². The highest BCUT2D eigenvalue weighted by Gasteiger charge is 2.21. The molecule has 0 rings (SSSR count). The van der Waals surface area contributed by atoms with Gasteiger partial charge in [0.05, 0.1) is 6.61 Å². The Kier molecular flexibility index (Phi) is 7.19. The van der Waals surface area contributed by atoms with Gasteiger partial charge in [0, 0.05) is 14.2 Å². The van der Waals surface area contributed by atoms with Crippen molar-refractivity contribution in [2.75, 3.05) is 20.8 Å². The molecule has 0 aromatic carbocycles. The van der Waals surface area contributed by atoms with Gasteiger partial charge in [-0.15, -0.1) is 0 Å². The van der Waals surface area contributed by atoms with Gasteiger partial charge in [-0.05, 0) is 12.8 Å². The van der Waals surface area contributed by atoms with Gasteiger partial charge >= 0.3 is 7.82 Å². The fourth-order valence-corrected chi connectivity index (χ4v) is 1.39. The molecular weight excluding hydrogens is 191 g/mol. The summed E-state index contributed by atoms with van der Waals surface area (Å²) < 4.78 is 25.4. The number of hydrogen-bond acceptors (Lipinski definition) is 4. The first-order valence-electron chi connectivity index (χ1n) is 4.19. The molecule has 0 aliphatic rings. The molecule has 0 heterocycles. The van der Waals surface area contributed by atoms with Gasteiger partial charge in [0.25, 0.3) is 0 Å². The predicted octanol–water partition coefficient (Wildman–Crippen LogP) is 2.76. The van der Waals surface area contributed by atoms with Crippen molar-refractivity contribution in [3.05, 3.63) is 12.2 Å². The van der Waals surface area contributed by atoms with Crippen molar-refractivity contribution in [3.63, 3.8) is 0 Å². The molecule has 5 heteroatoms. The maximum Gasteiger partial charge on any atom is 0.474 e. The molecule has 0 spiro atoms. The molecule has 4 nitrogen and oxygen atoms in total. The average Bonchev–Trinajstić information content (AvgIpc) is 2.17. The van der Waals surface area contributed by atoms with Gasteiger partial charge in [-0.2, -0.15) is 0 Å². The van der Waals surface area contributed by atoms with Gasteiger partial charge in [-0.1, -0.05) is 19.1 Å². The minimum Gasteiger partial charge on any atom is -0.290 e. The minimum absolute atomic E-state index is 0.343. The molecule has 0 radical (unpaired) electrons. The average molecular weight is 208 g/mol. The van der Waals surface area contributed by atoms with Crippen molar-refractivity contribution in [2.24, 2.45) is 0 Å². The molecule has 0 atom stereocenters. The van der Waals surface area contributed by atoms with Crippen molar-refractivity contribution in [3.8, 4) is 0 Å². The van der Waals surface area contributed by atoms with E-state index in [1.807, 2.05) is 19.1 Å². The zero-order chi connectivity index (χ0) is 10.2. The van der Waals surface area contributed by atoms with E-state index < -0.39 is 7.82 Å². The second-order valence-electron chi connectivity index (χ2n) is 2.31. The Labute approximate surface area is 79.5 Å². The molecule has 0 aliphatic heterocycles. The molecule has 0 saturated heterocycles. The predicted molar refractivity (Wildman–Crippen MR) is 51.6 cm³/mol. The van der Waals surface area contributed by atoms with E-state index in [9.17, 15) is 4.57 Å². The maximum absolute atomic E-state index is 11.3. The summed E-state index contributed by atoms with van der Waals surface area (Å²) in [5.74, 6) is 0. The summed E-state index contributed by atoms with van der Waals surface area (Å²) >= 11 is 0. The number of rotatable bonds is 7. The summed E-state index contributed by atoms with van der Waals surface area (Å²) in [4.78, 5) is 0. The van der Waals surface area contributed by atoms with Crippen molar-refractivity contribution in [1.82, 2.24) is 0 Å². The number of hydrogen-bond donors (Lipinski definition) is 0. The van der Waals surface area contributed by atoms with Crippen LogP contribution in [0.2, 0.25) is 0 Å².